The fourth-order valence-corrected chi connectivity index (χ4v) is 6.59. The van der Waals surface area contributed by atoms with Crippen LogP contribution in [0.4, 0.5) is 0 Å². The van der Waals surface area contributed by atoms with Crippen molar-refractivity contribution >= 4 is 11.9 Å². The summed E-state index contributed by atoms with van der Waals surface area (Å²) in [6.45, 7) is 1.09. The van der Waals surface area contributed by atoms with Gasteiger partial charge in [-0.3, -0.25) is 4.79 Å². The van der Waals surface area contributed by atoms with E-state index in [0.29, 0.717) is 18.4 Å². The van der Waals surface area contributed by atoms with E-state index in [2.05, 4.69) is 0 Å². The summed E-state index contributed by atoms with van der Waals surface area (Å²) in [5.74, 6) is -1.35. The van der Waals surface area contributed by atoms with Crippen LogP contribution in [-0.4, -0.2) is 88.5 Å². The molecular weight excluding hydrogens is 436 g/mol. The topological polar surface area (TPSA) is 141 Å². The molecule has 0 unspecified atom stereocenters. The van der Waals surface area contributed by atoms with Gasteiger partial charge in [-0.1, -0.05) is 18.2 Å². The van der Waals surface area contributed by atoms with Crippen molar-refractivity contribution in [3.8, 4) is 0 Å². The first-order chi connectivity index (χ1) is 15.8. The second kappa shape index (κ2) is 6.97. The summed E-state index contributed by atoms with van der Waals surface area (Å²) >= 11 is 0. The Hall–Kier alpha value is -2.08. The number of carbonyl (C=O) groups is 2. The smallest absolute Gasteiger partial charge is 0.338 e. The van der Waals surface area contributed by atoms with Crippen LogP contribution in [0.3, 0.4) is 0 Å². The lowest BCUT2D eigenvalue weighted by atomic mass is 9.40. The van der Waals surface area contributed by atoms with Gasteiger partial charge < -0.3 is 39.0 Å². The maximum Gasteiger partial charge on any atom is 0.338 e. The molecule has 178 valence electrons. The molecule has 10 heteroatoms. The third kappa shape index (κ3) is 2.59. The number of ether oxygens (including phenoxy) is 5. The van der Waals surface area contributed by atoms with E-state index in [1.807, 2.05) is 6.92 Å². The van der Waals surface area contributed by atoms with E-state index < -0.39 is 72.0 Å². The third-order valence-electron chi connectivity index (χ3n) is 8.31. The summed E-state index contributed by atoms with van der Waals surface area (Å²) in [5.41, 5.74) is -2.95. The predicted molar refractivity (Wildman–Crippen MR) is 107 cm³/mol. The maximum atomic E-state index is 13.3. The molecule has 33 heavy (non-hydrogen) atoms. The van der Waals surface area contributed by atoms with Crippen LogP contribution in [0.5, 0.6) is 0 Å². The van der Waals surface area contributed by atoms with E-state index in [4.69, 9.17) is 23.7 Å². The zero-order chi connectivity index (χ0) is 23.2. The summed E-state index contributed by atoms with van der Waals surface area (Å²) in [4.78, 5) is 26.0. The van der Waals surface area contributed by atoms with E-state index in [0.717, 1.165) is 0 Å². The van der Waals surface area contributed by atoms with E-state index in [1.165, 1.54) is 0 Å². The Balaban J connectivity index is 1.33. The summed E-state index contributed by atoms with van der Waals surface area (Å²) in [5, 5.41) is 30.5. The molecule has 6 fully saturated rings. The Morgan fingerprint density at radius 1 is 1.15 bits per heavy atom. The van der Waals surface area contributed by atoms with E-state index in [9.17, 15) is 24.9 Å². The number of benzene rings is 1. The van der Waals surface area contributed by atoms with Gasteiger partial charge in [-0.25, -0.2) is 4.79 Å². The number of hydrogen-bond acceptors (Lipinski definition) is 10. The van der Waals surface area contributed by atoms with Crippen LogP contribution in [0, 0.1) is 11.3 Å². The summed E-state index contributed by atoms with van der Waals surface area (Å²) in [6, 6.07) is 8.47. The van der Waals surface area contributed by atoms with Gasteiger partial charge in [0.05, 0.1) is 18.3 Å². The number of hydrogen-bond donors (Lipinski definition) is 3. The molecule has 7 rings (SSSR count). The first-order valence-electron chi connectivity index (χ1n) is 11.2. The minimum atomic E-state index is -1.40. The lowest BCUT2D eigenvalue weighted by Gasteiger charge is -2.69. The SMILES string of the molecule is C[C@@]12C[C@@H]3O[C@@H]4O[C@H](CO)[C@@H](O)[C@H](O)[C@H]4O[C@@]34C[C@@H]1[C@@]4(COC(=O)c1ccccc1)C(=O)O2. The Labute approximate surface area is 189 Å². The molecule has 1 spiro atoms. The van der Waals surface area contributed by atoms with Crippen molar-refractivity contribution < 1.29 is 48.6 Å². The fraction of sp³-hybridized carbons (Fsp3) is 0.652. The number of rotatable bonds is 4. The zero-order valence-corrected chi connectivity index (χ0v) is 18.0. The highest BCUT2D eigenvalue weighted by Crippen LogP contribution is 2.74. The van der Waals surface area contributed by atoms with Crippen molar-refractivity contribution in [1.29, 1.82) is 0 Å². The van der Waals surface area contributed by atoms with Gasteiger partial charge in [0.25, 0.3) is 0 Å². The molecule has 0 amide bonds. The summed E-state index contributed by atoms with van der Waals surface area (Å²) < 4.78 is 29.7. The lowest BCUT2D eigenvalue weighted by molar-refractivity contribution is -0.442. The first kappa shape index (κ1) is 21.5. The standard InChI is InChI=1S/C23H26O10/c1-21-8-14-23(32-17-16(26)15(25)12(9-24)30-19(17)31-14)7-13(21)22(23,20(28)33-21)10-29-18(27)11-5-3-2-4-6-11/h2-6,12-17,19,24-26H,7-10H2,1H3/t12-,13+,14+,15-,16+,17-,19+,21-,22+,23+/m1/s1. The van der Waals surface area contributed by atoms with Gasteiger partial charge in [-0.2, -0.15) is 0 Å². The van der Waals surface area contributed by atoms with Gasteiger partial charge in [-0.15, -0.1) is 0 Å². The van der Waals surface area contributed by atoms with Gasteiger partial charge >= 0.3 is 11.9 Å². The molecule has 4 bridgehead atoms. The van der Waals surface area contributed by atoms with Crippen molar-refractivity contribution in [2.24, 2.45) is 11.3 Å². The van der Waals surface area contributed by atoms with Crippen molar-refractivity contribution in [3.05, 3.63) is 35.9 Å². The van der Waals surface area contributed by atoms with Crippen molar-refractivity contribution in [1.82, 2.24) is 0 Å². The summed E-state index contributed by atoms with van der Waals surface area (Å²) in [7, 11) is 0. The van der Waals surface area contributed by atoms with E-state index >= 15 is 0 Å². The van der Waals surface area contributed by atoms with Crippen LogP contribution < -0.4 is 0 Å². The van der Waals surface area contributed by atoms with Crippen LogP contribution in [0.15, 0.2) is 30.3 Å². The van der Waals surface area contributed by atoms with Crippen molar-refractivity contribution in [3.63, 3.8) is 0 Å². The molecule has 0 radical (unpaired) electrons. The van der Waals surface area contributed by atoms with Gasteiger partial charge in [0.2, 0.25) is 0 Å². The van der Waals surface area contributed by atoms with Gasteiger partial charge in [0.15, 0.2) is 6.29 Å². The second-order valence-electron chi connectivity index (χ2n) is 9.88. The molecule has 1 aromatic carbocycles. The minimum Gasteiger partial charge on any atom is -0.461 e. The highest BCUT2D eigenvalue weighted by Gasteiger charge is 2.88. The average Bonchev–Trinajstić information content (AvgIpc) is 2.94. The van der Waals surface area contributed by atoms with Crippen LogP contribution in [0.1, 0.15) is 30.1 Å². The molecule has 3 aliphatic carbocycles. The number of aliphatic hydroxyl groups excluding tert-OH is 3. The molecule has 3 saturated heterocycles. The second-order valence-corrected chi connectivity index (χ2v) is 9.88. The van der Waals surface area contributed by atoms with Crippen molar-refractivity contribution in [2.45, 2.75) is 67.8 Å². The Morgan fingerprint density at radius 2 is 1.91 bits per heavy atom. The predicted octanol–water partition coefficient (Wildman–Crippen LogP) is -0.469. The molecule has 1 aromatic rings. The van der Waals surface area contributed by atoms with Crippen LogP contribution in [0.2, 0.25) is 0 Å². The van der Waals surface area contributed by atoms with Gasteiger partial charge in [0, 0.05) is 12.3 Å². The number of aliphatic hydroxyl groups is 3. The summed E-state index contributed by atoms with van der Waals surface area (Å²) in [6.07, 6.45) is -5.79. The monoisotopic (exact) mass is 462 g/mol. The molecule has 10 nitrogen and oxygen atoms in total. The van der Waals surface area contributed by atoms with Crippen LogP contribution in [0.25, 0.3) is 0 Å². The average molecular weight is 462 g/mol. The molecule has 0 aromatic heterocycles. The first-order valence-corrected chi connectivity index (χ1v) is 11.2. The van der Waals surface area contributed by atoms with Crippen molar-refractivity contribution in [2.75, 3.05) is 13.2 Å². The normalized spacial score (nSPS) is 49.3. The molecule has 3 N–H and O–H groups in total. The largest absolute Gasteiger partial charge is 0.461 e. The highest BCUT2D eigenvalue weighted by atomic mass is 16.7. The molecule has 3 heterocycles. The van der Waals surface area contributed by atoms with Crippen LogP contribution in [-0.2, 0) is 28.5 Å². The molecule has 10 atom stereocenters. The van der Waals surface area contributed by atoms with Gasteiger partial charge in [-0.05, 0) is 25.5 Å². The zero-order valence-electron chi connectivity index (χ0n) is 18.0. The van der Waals surface area contributed by atoms with Crippen LogP contribution >= 0.6 is 0 Å². The van der Waals surface area contributed by atoms with E-state index in [1.54, 1.807) is 30.3 Å². The molecule has 3 saturated carbocycles. The Kier molecular flexibility index (Phi) is 4.53. The molecule has 3 aliphatic heterocycles. The van der Waals surface area contributed by atoms with E-state index in [-0.39, 0.29) is 12.5 Å². The number of fused-ring (bicyclic) bond motifs is 1. The van der Waals surface area contributed by atoms with Gasteiger partial charge in [0.1, 0.15) is 47.6 Å². The third-order valence-corrected chi connectivity index (χ3v) is 8.31. The minimum absolute atomic E-state index is 0.254. The Bertz CT molecular complexity index is 985. The number of esters is 2. The fourth-order valence-electron chi connectivity index (χ4n) is 6.59. The highest BCUT2D eigenvalue weighted by molar-refractivity contribution is 5.90. The molecule has 6 aliphatic rings. The Morgan fingerprint density at radius 3 is 2.64 bits per heavy atom. The number of carbonyl (C=O) groups excluding carboxylic acids is 2. The quantitative estimate of drug-likeness (QED) is 0.503. The maximum absolute atomic E-state index is 13.3. The lowest BCUT2D eigenvalue weighted by Crippen LogP contribution is -2.83. The molecular formula is C23H26O10.